The number of nitrogens with one attached hydrogen (secondary N) is 1. The second kappa shape index (κ2) is 4.23. The SMILES string of the molecule is CC(=O)NO[C@@H]1CCC[C@H]1C(N)=O. The summed E-state index contributed by atoms with van der Waals surface area (Å²) >= 11 is 0. The Morgan fingerprint density at radius 1 is 1.46 bits per heavy atom. The second-order valence-corrected chi connectivity index (χ2v) is 3.25. The highest BCUT2D eigenvalue weighted by atomic mass is 16.7. The smallest absolute Gasteiger partial charge is 0.240 e. The van der Waals surface area contributed by atoms with Crippen molar-refractivity contribution >= 4 is 11.8 Å². The predicted octanol–water partition coefficient (Wildman–Crippen LogP) is -0.292. The van der Waals surface area contributed by atoms with Crippen LogP contribution in [0.1, 0.15) is 26.2 Å². The molecule has 0 aromatic heterocycles. The summed E-state index contributed by atoms with van der Waals surface area (Å²) in [5.41, 5.74) is 7.39. The van der Waals surface area contributed by atoms with Gasteiger partial charge in [0.15, 0.2) is 0 Å². The third-order valence-corrected chi connectivity index (χ3v) is 2.17. The zero-order valence-electron chi connectivity index (χ0n) is 7.58. The van der Waals surface area contributed by atoms with Gasteiger partial charge in [-0.15, -0.1) is 0 Å². The summed E-state index contributed by atoms with van der Waals surface area (Å²) in [6, 6.07) is 0. The Balaban J connectivity index is 2.39. The first-order chi connectivity index (χ1) is 6.11. The topological polar surface area (TPSA) is 81.4 Å². The molecule has 2 amide bonds. The molecule has 0 aromatic rings. The number of hydroxylamine groups is 1. The molecule has 0 saturated heterocycles. The van der Waals surface area contributed by atoms with Crippen LogP contribution in [0.4, 0.5) is 0 Å². The van der Waals surface area contributed by atoms with Gasteiger partial charge in [0.2, 0.25) is 11.8 Å². The van der Waals surface area contributed by atoms with Crippen LogP contribution < -0.4 is 11.2 Å². The number of amides is 2. The van der Waals surface area contributed by atoms with E-state index in [4.69, 9.17) is 10.6 Å². The largest absolute Gasteiger partial charge is 0.369 e. The van der Waals surface area contributed by atoms with Gasteiger partial charge in [-0.1, -0.05) is 0 Å². The summed E-state index contributed by atoms with van der Waals surface area (Å²) in [5, 5.41) is 0. The van der Waals surface area contributed by atoms with Crippen molar-refractivity contribution in [3.63, 3.8) is 0 Å². The molecule has 0 radical (unpaired) electrons. The molecule has 3 N–H and O–H groups in total. The van der Waals surface area contributed by atoms with Gasteiger partial charge in [-0.3, -0.25) is 14.4 Å². The van der Waals surface area contributed by atoms with Crippen LogP contribution in [0.3, 0.4) is 0 Å². The Labute approximate surface area is 76.6 Å². The van der Waals surface area contributed by atoms with Crippen LogP contribution in [-0.4, -0.2) is 17.9 Å². The molecule has 0 aliphatic heterocycles. The number of hydrogen-bond donors (Lipinski definition) is 2. The molecule has 1 aliphatic carbocycles. The van der Waals surface area contributed by atoms with Gasteiger partial charge in [-0.25, -0.2) is 5.48 Å². The van der Waals surface area contributed by atoms with E-state index < -0.39 is 0 Å². The Morgan fingerprint density at radius 2 is 2.15 bits per heavy atom. The van der Waals surface area contributed by atoms with Crippen molar-refractivity contribution in [3.8, 4) is 0 Å². The average Bonchev–Trinajstić information content (AvgIpc) is 2.47. The molecule has 0 heterocycles. The Hall–Kier alpha value is -1.10. The molecule has 0 aromatic carbocycles. The van der Waals surface area contributed by atoms with Crippen molar-refractivity contribution in [2.24, 2.45) is 11.7 Å². The second-order valence-electron chi connectivity index (χ2n) is 3.25. The van der Waals surface area contributed by atoms with E-state index in [0.717, 1.165) is 19.3 Å². The van der Waals surface area contributed by atoms with Crippen LogP contribution in [-0.2, 0) is 14.4 Å². The average molecular weight is 186 g/mol. The molecular formula is C8H14N2O3. The molecule has 0 unspecified atom stereocenters. The highest BCUT2D eigenvalue weighted by Gasteiger charge is 2.32. The predicted molar refractivity (Wildman–Crippen MR) is 45.2 cm³/mol. The highest BCUT2D eigenvalue weighted by molar-refractivity contribution is 5.77. The molecule has 1 rings (SSSR count). The van der Waals surface area contributed by atoms with Crippen LogP contribution in [0, 0.1) is 5.92 Å². The molecule has 5 nitrogen and oxygen atoms in total. The lowest BCUT2D eigenvalue weighted by Gasteiger charge is -2.16. The lowest BCUT2D eigenvalue weighted by atomic mass is 10.1. The normalized spacial score (nSPS) is 27.2. The summed E-state index contributed by atoms with van der Waals surface area (Å²) in [6.07, 6.45) is 2.19. The fourth-order valence-corrected chi connectivity index (χ4v) is 1.55. The molecule has 5 heteroatoms. The van der Waals surface area contributed by atoms with Crippen molar-refractivity contribution in [2.75, 3.05) is 0 Å². The zero-order valence-corrected chi connectivity index (χ0v) is 7.58. The first kappa shape index (κ1) is 9.98. The van der Waals surface area contributed by atoms with Gasteiger partial charge < -0.3 is 5.73 Å². The Morgan fingerprint density at radius 3 is 2.69 bits per heavy atom. The van der Waals surface area contributed by atoms with Crippen LogP contribution >= 0.6 is 0 Å². The monoisotopic (exact) mass is 186 g/mol. The summed E-state index contributed by atoms with van der Waals surface area (Å²) in [4.78, 5) is 26.4. The lowest BCUT2D eigenvalue weighted by Crippen LogP contribution is -2.36. The molecule has 0 bridgehead atoms. The highest BCUT2D eigenvalue weighted by Crippen LogP contribution is 2.27. The molecule has 74 valence electrons. The van der Waals surface area contributed by atoms with Gasteiger partial charge in [-0.05, 0) is 19.3 Å². The Bertz CT molecular complexity index is 217. The van der Waals surface area contributed by atoms with Crippen LogP contribution in [0.25, 0.3) is 0 Å². The fourth-order valence-electron chi connectivity index (χ4n) is 1.55. The van der Waals surface area contributed by atoms with Gasteiger partial charge in [0.05, 0.1) is 12.0 Å². The minimum Gasteiger partial charge on any atom is -0.369 e. The number of carbonyl (C=O) groups is 2. The van der Waals surface area contributed by atoms with Gasteiger partial charge in [0.25, 0.3) is 0 Å². The van der Waals surface area contributed by atoms with Crippen molar-refractivity contribution in [1.82, 2.24) is 5.48 Å². The van der Waals surface area contributed by atoms with E-state index >= 15 is 0 Å². The molecule has 2 atom stereocenters. The molecule has 0 spiro atoms. The van der Waals surface area contributed by atoms with Crippen molar-refractivity contribution in [3.05, 3.63) is 0 Å². The van der Waals surface area contributed by atoms with E-state index in [1.165, 1.54) is 6.92 Å². The lowest BCUT2D eigenvalue weighted by molar-refractivity contribution is -0.142. The number of rotatable bonds is 3. The molecule has 1 aliphatic rings. The van der Waals surface area contributed by atoms with Gasteiger partial charge >= 0.3 is 0 Å². The summed E-state index contributed by atoms with van der Waals surface area (Å²) in [5.74, 6) is -0.880. The van der Waals surface area contributed by atoms with E-state index in [2.05, 4.69) is 5.48 Å². The third kappa shape index (κ3) is 2.69. The van der Waals surface area contributed by atoms with Crippen molar-refractivity contribution < 1.29 is 14.4 Å². The maximum atomic E-state index is 10.9. The van der Waals surface area contributed by atoms with Gasteiger partial charge in [-0.2, -0.15) is 0 Å². The van der Waals surface area contributed by atoms with Crippen molar-refractivity contribution in [1.29, 1.82) is 0 Å². The summed E-state index contributed by atoms with van der Waals surface area (Å²) < 4.78 is 0. The van der Waals surface area contributed by atoms with E-state index in [0.29, 0.717) is 0 Å². The first-order valence-electron chi connectivity index (χ1n) is 4.33. The number of primary amides is 1. The van der Waals surface area contributed by atoms with E-state index in [1.807, 2.05) is 0 Å². The maximum absolute atomic E-state index is 10.9. The minimum absolute atomic E-state index is 0.249. The third-order valence-electron chi connectivity index (χ3n) is 2.17. The zero-order chi connectivity index (χ0) is 9.84. The van der Waals surface area contributed by atoms with Crippen LogP contribution in [0.5, 0.6) is 0 Å². The van der Waals surface area contributed by atoms with Crippen LogP contribution in [0.15, 0.2) is 0 Å². The molecule has 13 heavy (non-hydrogen) atoms. The van der Waals surface area contributed by atoms with Crippen LogP contribution in [0.2, 0.25) is 0 Å². The number of hydrogen-bond acceptors (Lipinski definition) is 3. The van der Waals surface area contributed by atoms with Gasteiger partial charge in [0.1, 0.15) is 0 Å². The van der Waals surface area contributed by atoms with E-state index in [-0.39, 0.29) is 23.8 Å². The molecule has 1 fully saturated rings. The fraction of sp³-hybridized carbons (Fsp3) is 0.750. The standard InChI is InChI=1S/C8H14N2O3/c1-5(11)10-13-7-4-2-3-6(7)8(9)12/h6-7H,2-4H2,1H3,(H2,9,12)(H,10,11)/t6-,7-/m1/s1. The first-order valence-corrected chi connectivity index (χ1v) is 4.33. The van der Waals surface area contributed by atoms with E-state index in [9.17, 15) is 9.59 Å². The molecular weight excluding hydrogens is 172 g/mol. The summed E-state index contributed by atoms with van der Waals surface area (Å²) in [6.45, 7) is 1.36. The molecule has 1 saturated carbocycles. The number of nitrogens with two attached hydrogens (primary N) is 1. The van der Waals surface area contributed by atoms with Gasteiger partial charge in [0, 0.05) is 6.92 Å². The summed E-state index contributed by atoms with van der Waals surface area (Å²) in [7, 11) is 0. The minimum atomic E-state index is -0.354. The van der Waals surface area contributed by atoms with Crippen molar-refractivity contribution in [2.45, 2.75) is 32.3 Å². The maximum Gasteiger partial charge on any atom is 0.240 e. The quantitative estimate of drug-likeness (QED) is 0.594. The Kier molecular flexibility index (Phi) is 3.25. The van der Waals surface area contributed by atoms with E-state index in [1.54, 1.807) is 0 Å². The number of carbonyl (C=O) groups excluding carboxylic acids is 2.